The summed E-state index contributed by atoms with van der Waals surface area (Å²) in [5.41, 5.74) is -0.917. The van der Waals surface area contributed by atoms with Crippen LogP contribution in [0.1, 0.15) is 53.5 Å². The number of ether oxygens (including phenoxy) is 2. The second-order valence-electron chi connectivity index (χ2n) is 9.43. The van der Waals surface area contributed by atoms with Gasteiger partial charge in [0, 0.05) is 13.5 Å². The van der Waals surface area contributed by atoms with E-state index in [0.717, 1.165) is 5.56 Å². The van der Waals surface area contributed by atoms with Crippen molar-refractivity contribution in [2.75, 3.05) is 7.05 Å². The Morgan fingerprint density at radius 3 is 1.91 bits per heavy atom. The summed E-state index contributed by atoms with van der Waals surface area (Å²) in [7, 11) is -3.06. The van der Waals surface area contributed by atoms with Gasteiger partial charge in [-0.25, -0.2) is 9.59 Å². The van der Waals surface area contributed by atoms with Gasteiger partial charge >= 0.3 is 12.1 Å². The van der Waals surface area contributed by atoms with E-state index in [4.69, 9.17) is 13.7 Å². The highest BCUT2D eigenvalue weighted by Crippen LogP contribution is 2.19. The highest BCUT2D eigenvalue weighted by atomic mass is 32.2. The van der Waals surface area contributed by atoms with E-state index in [1.165, 1.54) is 19.2 Å². The highest BCUT2D eigenvalue weighted by molar-refractivity contribution is 7.86. The van der Waals surface area contributed by atoms with Gasteiger partial charge in [-0.2, -0.15) is 8.42 Å². The van der Waals surface area contributed by atoms with E-state index < -0.39 is 57.9 Å². The van der Waals surface area contributed by atoms with Gasteiger partial charge in [-0.15, -0.1) is 0 Å². The first-order valence-electron chi connectivity index (χ1n) is 10.4. The standard InChI is InChI=1S/C22H34N2O8S/c1-14-9-11-15(12-10-14)33(28,29)32-17(18(25)23-8)13-16(19(26)30-21(2,3)4)24-20(27)31-22(5,6)7/h9-12,16-17H,13H2,1-8H3,(H,23,25)(H,24,27)/t16-,17-/m0/s1. The van der Waals surface area contributed by atoms with Crippen LogP contribution < -0.4 is 10.6 Å². The zero-order valence-electron chi connectivity index (χ0n) is 20.3. The molecule has 0 aromatic heterocycles. The van der Waals surface area contributed by atoms with E-state index in [2.05, 4.69) is 10.6 Å². The molecule has 0 saturated carbocycles. The number of hydrogen-bond donors (Lipinski definition) is 2. The average Bonchev–Trinajstić information content (AvgIpc) is 2.63. The first kappa shape index (κ1) is 28.4. The normalized spacial score (nSPS) is 14.1. The van der Waals surface area contributed by atoms with Gasteiger partial charge in [0.05, 0.1) is 4.90 Å². The van der Waals surface area contributed by atoms with Crippen LogP contribution in [0.15, 0.2) is 29.2 Å². The summed E-state index contributed by atoms with van der Waals surface area (Å²) in [6.07, 6.45) is -3.08. The van der Waals surface area contributed by atoms with Crippen LogP contribution in [-0.2, 0) is 33.4 Å². The molecule has 0 aliphatic heterocycles. The maximum Gasteiger partial charge on any atom is 0.408 e. The maximum absolute atomic E-state index is 12.8. The molecule has 11 heteroatoms. The summed E-state index contributed by atoms with van der Waals surface area (Å²) in [5.74, 6) is -1.68. The van der Waals surface area contributed by atoms with Crippen LogP contribution in [-0.4, -0.2) is 56.8 Å². The van der Waals surface area contributed by atoms with E-state index in [-0.39, 0.29) is 4.90 Å². The van der Waals surface area contributed by atoms with Crippen molar-refractivity contribution in [3.05, 3.63) is 29.8 Å². The summed E-state index contributed by atoms with van der Waals surface area (Å²) in [6.45, 7) is 11.6. The van der Waals surface area contributed by atoms with Crippen LogP contribution >= 0.6 is 0 Å². The van der Waals surface area contributed by atoms with Crippen molar-refractivity contribution in [3.63, 3.8) is 0 Å². The van der Waals surface area contributed by atoms with Crippen LogP contribution in [0.3, 0.4) is 0 Å². The molecule has 0 aliphatic rings. The van der Waals surface area contributed by atoms with Crippen molar-refractivity contribution in [1.29, 1.82) is 0 Å². The molecular weight excluding hydrogens is 452 g/mol. The number of benzene rings is 1. The lowest BCUT2D eigenvalue weighted by Crippen LogP contribution is -2.50. The molecule has 1 aromatic carbocycles. The third-order valence-corrected chi connectivity index (χ3v) is 5.26. The van der Waals surface area contributed by atoms with Crippen LogP contribution in [0.5, 0.6) is 0 Å². The Bertz CT molecular complexity index is 944. The van der Waals surface area contributed by atoms with Gasteiger partial charge in [0.1, 0.15) is 17.2 Å². The topological polar surface area (TPSA) is 137 Å². The fourth-order valence-electron chi connectivity index (χ4n) is 2.52. The molecule has 10 nitrogen and oxygen atoms in total. The van der Waals surface area contributed by atoms with Crippen LogP contribution in [0.2, 0.25) is 0 Å². The van der Waals surface area contributed by atoms with Crippen LogP contribution in [0, 0.1) is 6.92 Å². The number of alkyl carbamates (subject to hydrolysis) is 1. The molecule has 0 heterocycles. The molecule has 1 aromatic rings. The molecule has 0 bridgehead atoms. The largest absolute Gasteiger partial charge is 0.458 e. The predicted octanol–water partition coefficient (Wildman–Crippen LogP) is 2.44. The smallest absolute Gasteiger partial charge is 0.408 e. The lowest BCUT2D eigenvalue weighted by Gasteiger charge is -2.27. The minimum atomic E-state index is -4.35. The second kappa shape index (κ2) is 11.0. The average molecular weight is 487 g/mol. The SMILES string of the molecule is CNC(=O)[C@H](C[C@H](NC(=O)OC(C)(C)C)C(=O)OC(C)(C)C)OS(=O)(=O)c1ccc(C)cc1. The van der Waals surface area contributed by atoms with Gasteiger partial charge in [-0.3, -0.25) is 8.98 Å². The number of hydrogen-bond acceptors (Lipinski definition) is 8. The summed E-state index contributed by atoms with van der Waals surface area (Å²) in [4.78, 5) is 37.3. The van der Waals surface area contributed by atoms with Crippen LogP contribution in [0.25, 0.3) is 0 Å². The fraction of sp³-hybridized carbons (Fsp3) is 0.591. The van der Waals surface area contributed by atoms with Gasteiger partial charge in [0.2, 0.25) is 0 Å². The molecule has 0 fully saturated rings. The number of nitrogens with one attached hydrogen (secondary N) is 2. The van der Waals surface area contributed by atoms with Gasteiger partial charge in [-0.1, -0.05) is 17.7 Å². The molecule has 1 rings (SSSR count). The maximum atomic E-state index is 12.8. The summed E-state index contributed by atoms with van der Waals surface area (Å²) in [6, 6.07) is 4.43. The summed E-state index contributed by atoms with van der Waals surface area (Å²) in [5, 5.41) is 4.66. The lowest BCUT2D eigenvalue weighted by molar-refractivity contribution is -0.158. The van der Waals surface area contributed by atoms with E-state index in [1.807, 2.05) is 0 Å². The number of likely N-dealkylation sites (N-methyl/N-ethyl adjacent to an activating group) is 1. The summed E-state index contributed by atoms with van der Waals surface area (Å²) < 4.78 is 41.1. The first-order valence-corrected chi connectivity index (χ1v) is 11.8. The van der Waals surface area contributed by atoms with E-state index in [0.29, 0.717) is 0 Å². The highest BCUT2D eigenvalue weighted by Gasteiger charge is 2.36. The molecule has 0 unspecified atom stereocenters. The van der Waals surface area contributed by atoms with Gasteiger partial charge in [-0.05, 0) is 60.6 Å². The Morgan fingerprint density at radius 1 is 0.939 bits per heavy atom. The van der Waals surface area contributed by atoms with Crippen molar-refractivity contribution < 1.29 is 36.5 Å². The molecule has 0 spiro atoms. The second-order valence-corrected chi connectivity index (χ2v) is 11.0. The zero-order chi connectivity index (χ0) is 25.6. The zero-order valence-corrected chi connectivity index (χ0v) is 21.2. The molecule has 0 radical (unpaired) electrons. The Hall–Kier alpha value is -2.66. The molecule has 0 saturated heterocycles. The van der Waals surface area contributed by atoms with E-state index in [9.17, 15) is 22.8 Å². The molecule has 33 heavy (non-hydrogen) atoms. The fourth-order valence-corrected chi connectivity index (χ4v) is 3.57. The molecular formula is C22H34N2O8S. The Labute approximate surface area is 195 Å². The third-order valence-electron chi connectivity index (χ3n) is 3.92. The van der Waals surface area contributed by atoms with E-state index >= 15 is 0 Å². The number of rotatable bonds is 8. The van der Waals surface area contributed by atoms with Gasteiger partial charge in [0.25, 0.3) is 16.0 Å². The number of amides is 2. The quantitative estimate of drug-likeness (QED) is 0.422. The molecule has 0 aliphatic carbocycles. The Balaban J connectivity index is 3.21. The third kappa shape index (κ3) is 10.2. The van der Waals surface area contributed by atoms with Gasteiger partial charge < -0.3 is 20.1 Å². The number of carbonyl (C=O) groups excluding carboxylic acids is 3. The van der Waals surface area contributed by atoms with Crippen molar-refractivity contribution in [3.8, 4) is 0 Å². The number of carbonyl (C=O) groups is 3. The molecule has 2 amide bonds. The number of esters is 1. The minimum Gasteiger partial charge on any atom is -0.458 e. The number of aryl methyl sites for hydroxylation is 1. The first-order chi connectivity index (χ1) is 14.9. The Morgan fingerprint density at radius 2 is 1.45 bits per heavy atom. The minimum absolute atomic E-state index is 0.157. The lowest BCUT2D eigenvalue weighted by atomic mass is 10.1. The monoisotopic (exact) mass is 486 g/mol. The molecule has 2 atom stereocenters. The van der Waals surface area contributed by atoms with Crippen molar-refractivity contribution in [1.82, 2.24) is 10.6 Å². The predicted molar refractivity (Wildman–Crippen MR) is 121 cm³/mol. The van der Waals surface area contributed by atoms with Crippen molar-refractivity contribution in [2.45, 2.75) is 83.1 Å². The Kier molecular flexibility index (Phi) is 9.43. The van der Waals surface area contributed by atoms with Crippen molar-refractivity contribution >= 4 is 28.1 Å². The molecule has 2 N–H and O–H groups in total. The van der Waals surface area contributed by atoms with Crippen LogP contribution in [0.4, 0.5) is 4.79 Å². The van der Waals surface area contributed by atoms with Gasteiger partial charge in [0.15, 0.2) is 6.10 Å². The summed E-state index contributed by atoms with van der Waals surface area (Å²) >= 11 is 0. The van der Waals surface area contributed by atoms with E-state index in [1.54, 1.807) is 60.6 Å². The van der Waals surface area contributed by atoms with Crippen molar-refractivity contribution in [2.24, 2.45) is 0 Å². The molecule has 186 valence electrons.